The number of anilines is 1. The third kappa shape index (κ3) is 4.12. The van der Waals surface area contributed by atoms with Crippen LogP contribution in [0.1, 0.15) is 54.2 Å². The first kappa shape index (κ1) is 20.7. The van der Waals surface area contributed by atoms with E-state index < -0.39 is 0 Å². The Hall–Kier alpha value is -3.19. The third-order valence-electron chi connectivity index (χ3n) is 5.74. The van der Waals surface area contributed by atoms with Gasteiger partial charge < -0.3 is 10.1 Å². The van der Waals surface area contributed by atoms with Gasteiger partial charge in [0.25, 0.3) is 5.91 Å². The van der Waals surface area contributed by atoms with E-state index in [0.29, 0.717) is 12.2 Å². The average molecular weight is 447 g/mol. The van der Waals surface area contributed by atoms with E-state index in [9.17, 15) is 4.79 Å². The lowest BCUT2D eigenvalue weighted by Gasteiger charge is -2.10. The highest BCUT2D eigenvalue weighted by molar-refractivity contribution is 7.20. The van der Waals surface area contributed by atoms with Crippen molar-refractivity contribution in [1.82, 2.24) is 14.8 Å². The summed E-state index contributed by atoms with van der Waals surface area (Å²) < 4.78 is 8.67. The van der Waals surface area contributed by atoms with Crippen LogP contribution >= 0.6 is 11.3 Å². The molecule has 0 unspecified atom stereocenters. The van der Waals surface area contributed by atoms with E-state index in [-0.39, 0.29) is 5.91 Å². The topological polar surface area (TPSA) is 69.0 Å². The van der Waals surface area contributed by atoms with Crippen LogP contribution < -0.4 is 10.1 Å². The number of amides is 1. The molecule has 164 valence electrons. The molecular formula is C25H26N4O2S. The maximum absolute atomic E-state index is 13.1. The van der Waals surface area contributed by atoms with Crippen molar-refractivity contribution in [3.63, 3.8) is 0 Å². The number of benzene rings is 2. The summed E-state index contributed by atoms with van der Waals surface area (Å²) in [5.41, 5.74) is 3.70. The second-order valence-corrected chi connectivity index (χ2v) is 9.05. The van der Waals surface area contributed by atoms with Crippen LogP contribution in [0.15, 0.2) is 48.5 Å². The molecule has 32 heavy (non-hydrogen) atoms. The number of fused-ring (bicyclic) bond motifs is 2. The van der Waals surface area contributed by atoms with Crippen molar-refractivity contribution < 1.29 is 9.53 Å². The molecule has 0 bridgehead atoms. The highest BCUT2D eigenvalue weighted by Crippen LogP contribution is 2.34. The lowest BCUT2D eigenvalue weighted by Crippen LogP contribution is -2.16. The maximum atomic E-state index is 13.1. The molecule has 0 radical (unpaired) electrons. The zero-order chi connectivity index (χ0) is 21.9. The lowest BCUT2D eigenvalue weighted by molar-refractivity contribution is 0.102. The van der Waals surface area contributed by atoms with Crippen LogP contribution in [-0.4, -0.2) is 27.3 Å². The molecule has 2 heterocycles. The number of carbonyl (C=O) groups excluding carboxylic acids is 1. The number of thiazole rings is 1. The van der Waals surface area contributed by atoms with Crippen LogP contribution in [0, 0.1) is 0 Å². The lowest BCUT2D eigenvalue weighted by atomic mass is 10.2. The monoisotopic (exact) mass is 446 g/mol. The largest absolute Gasteiger partial charge is 0.494 e. The Bertz CT molecular complexity index is 1210. The van der Waals surface area contributed by atoms with Crippen molar-refractivity contribution in [2.45, 2.75) is 45.4 Å². The van der Waals surface area contributed by atoms with Crippen molar-refractivity contribution in [3.05, 3.63) is 65.4 Å². The summed E-state index contributed by atoms with van der Waals surface area (Å²) in [6.07, 6.45) is 6.28. The molecule has 0 atom stereocenters. The van der Waals surface area contributed by atoms with Crippen LogP contribution in [0.2, 0.25) is 0 Å². The van der Waals surface area contributed by atoms with Crippen molar-refractivity contribution in [2.24, 2.45) is 0 Å². The van der Waals surface area contributed by atoms with Gasteiger partial charge >= 0.3 is 0 Å². The first-order valence-corrected chi connectivity index (χ1v) is 12.1. The second kappa shape index (κ2) is 9.12. The minimum Gasteiger partial charge on any atom is -0.494 e. The first-order valence-electron chi connectivity index (χ1n) is 11.2. The highest BCUT2D eigenvalue weighted by Gasteiger charge is 2.26. The molecule has 0 aliphatic heterocycles. The van der Waals surface area contributed by atoms with Gasteiger partial charge in [-0.3, -0.25) is 4.79 Å². The molecule has 1 aliphatic rings. The standard InChI is InChI=1S/C25H26N4O2S/c1-2-3-6-16-31-18-14-12-17(13-15-18)24(30)27-23-19-8-7-10-20(19)28-29(23)25-26-21-9-4-5-11-22(21)32-25/h4-5,9,11-15H,2-3,6-8,10,16H2,1H3,(H,27,30). The van der Waals surface area contributed by atoms with E-state index in [4.69, 9.17) is 14.8 Å². The van der Waals surface area contributed by atoms with Crippen molar-refractivity contribution in [3.8, 4) is 10.9 Å². The number of aromatic nitrogens is 3. The molecule has 2 aromatic heterocycles. The van der Waals surface area contributed by atoms with Gasteiger partial charge in [0.05, 0.1) is 22.5 Å². The van der Waals surface area contributed by atoms with Crippen LogP contribution in [0.3, 0.4) is 0 Å². The third-order valence-corrected chi connectivity index (χ3v) is 6.75. The molecule has 0 saturated carbocycles. The number of unbranched alkanes of at least 4 members (excludes halogenated alkanes) is 2. The Morgan fingerprint density at radius 1 is 1.12 bits per heavy atom. The van der Waals surface area contributed by atoms with Crippen LogP contribution in [0.5, 0.6) is 5.75 Å². The summed E-state index contributed by atoms with van der Waals surface area (Å²) in [7, 11) is 0. The fraction of sp³-hybridized carbons (Fsp3) is 0.320. The van der Waals surface area contributed by atoms with Gasteiger partial charge in [0.2, 0.25) is 5.13 Å². The molecule has 7 heteroatoms. The number of para-hydroxylation sites is 1. The number of hydrogen-bond acceptors (Lipinski definition) is 5. The van der Waals surface area contributed by atoms with Gasteiger partial charge in [-0.25, -0.2) is 4.98 Å². The average Bonchev–Trinajstić information content (AvgIpc) is 3.52. The number of aryl methyl sites for hydroxylation is 1. The summed E-state index contributed by atoms with van der Waals surface area (Å²) in [6, 6.07) is 15.4. The van der Waals surface area contributed by atoms with E-state index in [0.717, 1.165) is 70.3 Å². The van der Waals surface area contributed by atoms with E-state index in [2.05, 4.69) is 18.3 Å². The summed E-state index contributed by atoms with van der Waals surface area (Å²) in [5, 5.41) is 8.68. The molecule has 1 N–H and O–H groups in total. The summed E-state index contributed by atoms with van der Waals surface area (Å²) in [5.74, 6) is 1.37. The van der Waals surface area contributed by atoms with Crippen LogP contribution in [0.25, 0.3) is 15.3 Å². The molecule has 0 fully saturated rings. The molecule has 0 saturated heterocycles. The van der Waals surface area contributed by atoms with Gasteiger partial charge in [-0.15, -0.1) is 0 Å². The molecule has 1 amide bonds. The van der Waals surface area contributed by atoms with Crippen molar-refractivity contribution >= 4 is 33.3 Å². The van der Waals surface area contributed by atoms with E-state index in [1.54, 1.807) is 16.0 Å². The fourth-order valence-corrected chi connectivity index (χ4v) is 4.96. The number of nitrogens with one attached hydrogen (secondary N) is 1. The quantitative estimate of drug-likeness (QED) is 0.348. The predicted molar refractivity (Wildman–Crippen MR) is 128 cm³/mol. The van der Waals surface area contributed by atoms with Gasteiger partial charge in [0, 0.05) is 11.1 Å². The fourth-order valence-electron chi connectivity index (χ4n) is 4.03. The maximum Gasteiger partial charge on any atom is 0.256 e. The molecule has 6 nitrogen and oxygen atoms in total. The molecule has 2 aromatic carbocycles. The summed E-state index contributed by atoms with van der Waals surface area (Å²) in [6.45, 7) is 2.87. The van der Waals surface area contributed by atoms with Gasteiger partial charge in [0.15, 0.2) is 0 Å². The Morgan fingerprint density at radius 3 is 2.78 bits per heavy atom. The van der Waals surface area contributed by atoms with E-state index in [1.165, 1.54) is 6.42 Å². The van der Waals surface area contributed by atoms with Crippen LogP contribution in [0.4, 0.5) is 5.82 Å². The summed E-state index contributed by atoms with van der Waals surface area (Å²) in [4.78, 5) is 17.8. The smallest absolute Gasteiger partial charge is 0.256 e. The van der Waals surface area contributed by atoms with Gasteiger partial charge in [-0.2, -0.15) is 9.78 Å². The highest BCUT2D eigenvalue weighted by atomic mass is 32.1. The minimum absolute atomic E-state index is 0.153. The minimum atomic E-state index is -0.153. The second-order valence-electron chi connectivity index (χ2n) is 8.04. The zero-order valence-electron chi connectivity index (χ0n) is 18.1. The van der Waals surface area contributed by atoms with Gasteiger partial charge in [-0.05, 0) is 62.1 Å². The van der Waals surface area contributed by atoms with Gasteiger partial charge in [-0.1, -0.05) is 43.2 Å². The Morgan fingerprint density at radius 2 is 1.97 bits per heavy atom. The number of nitrogens with zero attached hydrogens (tertiary/aromatic N) is 3. The number of ether oxygens (including phenoxy) is 1. The summed E-state index contributed by atoms with van der Waals surface area (Å²) >= 11 is 1.58. The molecular weight excluding hydrogens is 420 g/mol. The first-order chi connectivity index (χ1) is 15.7. The Labute approximate surface area is 191 Å². The van der Waals surface area contributed by atoms with E-state index >= 15 is 0 Å². The normalized spacial score (nSPS) is 12.8. The SMILES string of the molecule is CCCCCOc1ccc(C(=O)Nc2c3c(nn2-c2nc4ccccc4s2)CCC3)cc1. The molecule has 1 aliphatic carbocycles. The Kier molecular flexibility index (Phi) is 5.90. The number of hydrogen-bond donors (Lipinski definition) is 1. The Balaban J connectivity index is 1.37. The molecule has 5 rings (SSSR count). The molecule has 4 aromatic rings. The molecule has 0 spiro atoms. The van der Waals surface area contributed by atoms with Crippen molar-refractivity contribution in [2.75, 3.05) is 11.9 Å². The number of rotatable bonds is 8. The predicted octanol–water partition coefficient (Wildman–Crippen LogP) is 5.79. The van der Waals surface area contributed by atoms with Crippen LogP contribution in [-0.2, 0) is 12.8 Å². The van der Waals surface area contributed by atoms with E-state index in [1.807, 2.05) is 42.5 Å². The zero-order valence-corrected chi connectivity index (χ0v) is 19.0. The van der Waals surface area contributed by atoms with Gasteiger partial charge in [0.1, 0.15) is 11.6 Å². The van der Waals surface area contributed by atoms with Crippen molar-refractivity contribution in [1.29, 1.82) is 0 Å². The number of carbonyl (C=O) groups is 1.